The first-order chi connectivity index (χ1) is 8.48. The first-order valence-electron chi connectivity index (χ1n) is 6.22. The summed E-state index contributed by atoms with van der Waals surface area (Å²) in [5.74, 6) is -0.578. The SMILES string of the molecule is CC1(Nc2cc(F)cc([N+](=O)[O-])c2)CCCCC1. The van der Waals surface area contributed by atoms with Crippen molar-refractivity contribution in [2.45, 2.75) is 44.6 Å². The summed E-state index contributed by atoms with van der Waals surface area (Å²) >= 11 is 0. The number of nitrogens with one attached hydrogen (secondary N) is 1. The van der Waals surface area contributed by atoms with Crippen LogP contribution < -0.4 is 5.32 Å². The summed E-state index contributed by atoms with van der Waals surface area (Å²) in [7, 11) is 0. The van der Waals surface area contributed by atoms with Crippen molar-refractivity contribution in [2.75, 3.05) is 5.32 Å². The van der Waals surface area contributed by atoms with Crippen LogP contribution in [-0.2, 0) is 0 Å². The van der Waals surface area contributed by atoms with E-state index >= 15 is 0 Å². The van der Waals surface area contributed by atoms with E-state index in [-0.39, 0.29) is 11.2 Å². The van der Waals surface area contributed by atoms with Crippen molar-refractivity contribution in [3.05, 3.63) is 34.1 Å². The molecule has 18 heavy (non-hydrogen) atoms. The first kappa shape index (κ1) is 12.8. The van der Waals surface area contributed by atoms with Crippen LogP contribution in [0.4, 0.5) is 15.8 Å². The number of nitrogens with zero attached hydrogens (tertiary/aromatic N) is 1. The molecule has 0 aromatic heterocycles. The van der Waals surface area contributed by atoms with Gasteiger partial charge in [0.15, 0.2) is 0 Å². The van der Waals surface area contributed by atoms with E-state index in [9.17, 15) is 14.5 Å². The third-order valence-electron chi connectivity index (χ3n) is 3.50. The zero-order valence-electron chi connectivity index (χ0n) is 10.4. The lowest BCUT2D eigenvalue weighted by atomic mass is 9.83. The molecule has 1 fully saturated rings. The lowest BCUT2D eigenvalue weighted by Crippen LogP contribution is -2.36. The van der Waals surface area contributed by atoms with Gasteiger partial charge >= 0.3 is 0 Å². The van der Waals surface area contributed by atoms with Crippen molar-refractivity contribution in [2.24, 2.45) is 0 Å². The van der Waals surface area contributed by atoms with E-state index < -0.39 is 10.7 Å². The van der Waals surface area contributed by atoms with E-state index in [4.69, 9.17) is 0 Å². The predicted octanol–water partition coefficient (Wildman–Crippen LogP) is 3.87. The molecule has 5 heteroatoms. The second-order valence-corrected chi connectivity index (χ2v) is 5.20. The number of non-ortho nitro benzene ring substituents is 1. The minimum Gasteiger partial charge on any atom is -0.380 e. The molecule has 1 aromatic carbocycles. The predicted molar refractivity (Wildman–Crippen MR) is 68.2 cm³/mol. The van der Waals surface area contributed by atoms with Gasteiger partial charge in [-0.2, -0.15) is 0 Å². The highest BCUT2D eigenvalue weighted by atomic mass is 19.1. The van der Waals surface area contributed by atoms with Crippen LogP contribution in [0.25, 0.3) is 0 Å². The second kappa shape index (κ2) is 4.92. The molecule has 0 unspecified atom stereocenters. The van der Waals surface area contributed by atoms with Gasteiger partial charge in [-0.15, -0.1) is 0 Å². The topological polar surface area (TPSA) is 55.2 Å². The average molecular weight is 252 g/mol. The van der Waals surface area contributed by atoms with Crippen molar-refractivity contribution >= 4 is 11.4 Å². The van der Waals surface area contributed by atoms with Gasteiger partial charge in [-0.05, 0) is 25.8 Å². The molecule has 98 valence electrons. The zero-order valence-corrected chi connectivity index (χ0v) is 10.4. The van der Waals surface area contributed by atoms with Crippen molar-refractivity contribution in [1.29, 1.82) is 0 Å². The van der Waals surface area contributed by atoms with E-state index in [0.29, 0.717) is 5.69 Å². The molecule has 0 spiro atoms. The van der Waals surface area contributed by atoms with Gasteiger partial charge in [0.2, 0.25) is 0 Å². The Morgan fingerprint density at radius 1 is 1.28 bits per heavy atom. The summed E-state index contributed by atoms with van der Waals surface area (Å²) in [4.78, 5) is 10.1. The van der Waals surface area contributed by atoms with E-state index in [0.717, 1.165) is 31.7 Å². The van der Waals surface area contributed by atoms with Gasteiger partial charge in [0.1, 0.15) is 5.82 Å². The number of hydrogen-bond acceptors (Lipinski definition) is 3. The molecule has 1 aliphatic carbocycles. The summed E-state index contributed by atoms with van der Waals surface area (Å²) in [6.45, 7) is 2.09. The molecule has 1 N–H and O–H groups in total. The fourth-order valence-corrected chi connectivity index (χ4v) is 2.56. The molecule has 1 saturated carbocycles. The normalized spacial score (nSPS) is 18.3. The Hall–Kier alpha value is -1.65. The van der Waals surface area contributed by atoms with Gasteiger partial charge in [0, 0.05) is 17.3 Å². The monoisotopic (exact) mass is 252 g/mol. The largest absolute Gasteiger partial charge is 0.380 e. The van der Waals surface area contributed by atoms with Crippen molar-refractivity contribution in [3.63, 3.8) is 0 Å². The van der Waals surface area contributed by atoms with Crippen LogP contribution in [0.5, 0.6) is 0 Å². The molecule has 1 aromatic rings. The quantitative estimate of drug-likeness (QED) is 0.656. The van der Waals surface area contributed by atoms with Crippen LogP contribution in [-0.4, -0.2) is 10.5 Å². The third kappa shape index (κ3) is 2.97. The Kier molecular flexibility index (Phi) is 3.50. The molecule has 0 heterocycles. The standard InChI is InChI=1S/C13H17FN2O2/c1-13(5-3-2-4-6-13)15-11-7-10(14)8-12(9-11)16(17)18/h7-9,15H,2-6H2,1H3. The van der Waals surface area contributed by atoms with Crippen LogP contribution >= 0.6 is 0 Å². The maximum atomic E-state index is 13.3. The molecule has 2 rings (SSSR count). The Balaban J connectivity index is 2.20. The summed E-state index contributed by atoms with van der Waals surface area (Å²) in [5.41, 5.74) is 0.197. The molecular formula is C13H17FN2O2. The maximum Gasteiger partial charge on any atom is 0.274 e. The van der Waals surface area contributed by atoms with Gasteiger partial charge < -0.3 is 5.32 Å². The molecule has 0 radical (unpaired) electrons. The Labute approximate surface area is 105 Å². The van der Waals surface area contributed by atoms with Crippen molar-refractivity contribution in [1.82, 2.24) is 0 Å². The fraction of sp³-hybridized carbons (Fsp3) is 0.538. The van der Waals surface area contributed by atoms with E-state index in [1.807, 2.05) is 0 Å². The lowest BCUT2D eigenvalue weighted by molar-refractivity contribution is -0.385. The van der Waals surface area contributed by atoms with Gasteiger partial charge in [-0.25, -0.2) is 4.39 Å². The van der Waals surface area contributed by atoms with Crippen molar-refractivity contribution in [3.8, 4) is 0 Å². The highest BCUT2D eigenvalue weighted by Gasteiger charge is 2.27. The highest BCUT2D eigenvalue weighted by molar-refractivity contribution is 5.53. The number of halogens is 1. The number of anilines is 1. The van der Waals surface area contributed by atoms with Gasteiger partial charge in [-0.1, -0.05) is 19.3 Å². The van der Waals surface area contributed by atoms with Gasteiger partial charge in [0.05, 0.1) is 11.0 Å². The summed E-state index contributed by atoms with van der Waals surface area (Å²) in [6, 6.07) is 3.64. The fourth-order valence-electron chi connectivity index (χ4n) is 2.56. The molecule has 0 atom stereocenters. The average Bonchev–Trinajstić information content (AvgIpc) is 2.28. The van der Waals surface area contributed by atoms with Gasteiger partial charge in [-0.3, -0.25) is 10.1 Å². The van der Waals surface area contributed by atoms with E-state index in [1.165, 1.54) is 18.6 Å². The van der Waals surface area contributed by atoms with Crippen molar-refractivity contribution < 1.29 is 9.31 Å². The highest BCUT2D eigenvalue weighted by Crippen LogP contribution is 2.32. The van der Waals surface area contributed by atoms with E-state index in [1.54, 1.807) is 0 Å². The Morgan fingerprint density at radius 2 is 1.94 bits per heavy atom. The number of benzene rings is 1. The lowest BCUT2D eigenvalue weighted by Gasteiger charge is -2.35. The smallest absolute Gasteiger partial charge is 0.274 e. The molecule has 0 aliphatic heterocycles. The zero-order chi connectivity index (χ0) is 13.2. The molecule has 4 nitrogen and oxygen atoms in total. The number of hydrogen-bond donors (Lipinski definition) is 1. The summed E-state index contributed by atoms with van der Waals surface area (Å²) in [5, 5.41) is 13.9. The Morgan fingerprint density at radius 3 is 2.56 bits per heavy atom. The summed E-state index contributed by atoms with van der Waals surface area (Å²) < 4.78 is 13.3. The number of nitro benzene ring substituents is 1. The minimum atomic E-state index is -0.578. The van der Waals surface area contributed by atoms with Crippen LogP contribution in [0, 0.1) is 15.9 Å². The number of nitro groups is 1. The molecule has 0 bridgehead atoms. The van der Waals surface area contributed by atoms with Crippen LogP contribution in [0.15, 0.2) is 18.2 Å². The van der Waals surface area contributed by atoms with Crippen LogP contribution in [0.2, 0.25) is 0 Å². The second-order valence-electron chi connectivity index (χ2n) is 5.20. The maximum absolute atomic E-state index is 13.3. The molecule has 1 aliphatic rings. The van der Waals surface area contributed by atoms with E-state index in [2.05, 4.69) is 12.2 Å². The molecular weight excluding hydrogens is 235 g/mol. The third-order valence-corrected chi connectivity index (χ3v) is 3.50. The minimum absolute atomic E-state index is 0.0834. The van der Waals surface area contributed by atoms with Crippen LogP contribution in [0.1, 0.15) is 39.0 Å². The van der Waals surface area contributed by atoms with Crippen LogP contribution in [0.3, 0.4) is 0 Å². The molecule has 0 saturated heterocycles. The molecule has 0 amide bonds. The summed E-state index contributed by atoms with van der Waals surface area (Å²) in [6.07, 6.45) is 5.52. The van der Waals surface area contributed by atoms with Gasteiger partial charge in [0.25, 0.3) is 5.69 Å². The first-order valence-corrected chi connectivity index (χ1v) is 6.22. The number of rotatable bonds is 3. The Bertz CT molecular complexity index is 456.